The smallest absolute Gasteiger partial charge is 0.306 e. The lowest BCUT2D eigenvalue weighted by atomic mass is 9.70. The van der Waals surface area contributed by atoms with Crippen LogP contribution in [-0.2, 0) is 4.79 Å². The molecule has 0 heterocycles. The maximum Gasteiger partial charge on any atom is 0.306 e. The minimum Gasteiger partial charge on any atom is -0.481 e. The first kappa shape index (κ1) is 19.4. The van der Waals surface area contributed by atoms with E-state index in [2.05, 4.69) is 26.2 Å². The summed E-state index contributed by atoms with van der Waals surface area (Å²) in [6.45, 7) is 15.6. The predicted molar refractivity (Wildman–Crippen MR) is 95.2 cm³/mol. The normalized spacial score (nSPS) is 24.9. The highest BCUT2D eigenvalue weighted by atomic mass is 16.4. The lowest BCUT2D eigenvalue weighted by molar-refractivity contribution is -0.141. The maximum atomic E-state index is 10.9. The number of hydrogen-bond donors (Lipinski definition) is 2. The van der Waals surface area contributed by atoms with Gasteiger partial charge in [0.05, 0.1) is 11.5 Å². The maximum absolute atomic E-state index is 10.9. The van der Waals surface area contributed by atoms with Gasteiger partial charge in [-0.15, -0.1) is 6.58 Å². The molecule has 0 fully saturated rings. The van der Waals surface area contributed by atoms with Crippen molar-refractivity contribution in [3.63, 3.8) is 0 Å². The summed E-state index contributed by atoms with van der Waals surface area (Å²) in [7, 11) is 0. The molecule has 128 valence electrons. The van der Waals surface area contributed by atoms with Crippen molar-refractivity contribution in [2.24, 2.45) is 11.3 Å². The number of allylic oxidation sites excluding steroid dienone is 4. The second-order valence-corrected chi connectivity index (χ2v) is 7.23. The summed E-state index contributed by atoms with van der Waals surface area (Å²) in [5.74, 6) is -1.16. The fourth-order valence-electron chi connectivity index (χ4n) is 3.01. The Bertz CT molecular complexity index is 551. The minimum absolute atomic E-state index is 0.150. The van der Waals surface area contributed by atoms with E-state index in [1.807, 2.05) is 19.1 Å². The molecule has 1 rings (SSSR count). The molecule has 0 spiro atoms. The molecule has 2 N–H and O–H groups in total. The van der Waals surface area contributed by atoms with E-state index in [9.17, 15) is 9.90 Å². The molecule has 0 bridgehead atoms. The van der Waals surface area contributed by atoms with E-state index in [0.29, 0.717) is 19.3 Å². The van der Waals surface area contributed by atoms with Crippen LogP contribution in [0.4, 0.5) is 0 Å². The van der Waals surface area contributed by atoms with Crippen molar-refractivity contribution in [2.45, 2.75) is 59.0 Å². The molecule has 0 amide bonds. The first-order valence-corrected chi connectivity index (χ1v) is 8.21. The highest BCUT2D eigenvalue weighted by Gasteiger charge is 2.33. The van der Waals surface area contributed by atoms with Crippen LogP contribution in [0.5, 0.6) is 0 Å². The molecule has 0 aromatic carbocycles. The van der Waals surface area contributed by atoms with E-state index >= 15 is 0 Å². The van der Waals surface area contributed by atoms with Crippen molar-refractivity contribution < 1.29 is 15.0 Å². The molecule has 0 aliphatic heterocycles. The Balaban J connectivity index is 2.86. The Morgan fingerprint density at radius 1 is 1.57 bits per heavy atom. The van der Waals surface area contributed by atoms with Crippen molar-refractivity contribution in [3.8, 4) is 0 Å². The molecule has 3 heteroatoms. The van der Waals surface area contributed by atoms with Gasteiger partial charge in [0.1, 0.15) is 0 Å². The van der Waals surface area contributed by atoms with Crippen molar-refractivity contribution in [3.05, 3.63) is 48.1 Å². The van der Waals surface area contributed by atoms with E-state index in [-0.39, 0.29) is 11.3 Å². The molecule has 0 aromatic rings. The molecule has 3 atom stereocenters. The number of aliphatic carboxylic acids is 1. The van der Waals surface area contributed by atoms with Crippen molar-refractivity contribution in [1.82, 2.24) is 0 Å². The number of carboxylic acid groups (broad SMARTS) is 1. The molecule has 2 unspecified atom stereocenters. The van der Waals surface area contributed by atoms with Crippen molar-refractivity contribution in [1.29, 1.82) is 0 Å². The Hall–Kier alpha value is -1.61. The third-order valence-electron chi connectivity index (χ3n) is 4.92. The third-order valence-corrected chi connectivity index (χ3v) is 4.92. The van der Waals surface area contributed by atoms with Crippen LogP contribution in [-0.4, -0.2) is 21.8 Å². The van der Waals surface area contributed by atoms with Gasteiger partial charge in [0.2, 0.25) is 0 Å². The second-order valence-electron chi connectivity index (χ2n) is 7.23. The predicted octanol–water partition coefficient (Wildman–Crippen LogP) is 4.65. The molecule has 23 heavy (non-hydrogen) atoms. The van der Waals surface area contributed by atoms with Gasteiger partial charge >= 0.3 is 5.97 Å². The van der Waals surface area contributed by atoms with Gasteiger partial charge < -0.3 is 10.2 Å². The lowest BCUT2D eigenvalue weighted by Gasteiger charge is -2.36. The van der Waals surface area contributed by atoms with E-state index in [1.165, 1.54) is 0 Å². The summed E-state index contributed by atoms with van der Waals surface area (Å²) >= 11 is 0. The Morgan fingerprint density at radius 2 is 2.17 bits per heavy atom. The number of hydrogen-bond acceptors (Lipinski definition) is 2. The Labute approximate surface area is 140 Å². The fraction of sp³-hybridized carbons (Fsp3) is 0.550. The van der Waals surface area contributed by atoms with Gasteiger partial charge in [-0.2, -0.15) is 0 Å². The third kappa shape index (κ3) is 4.68. The molecule has 3 nitrogen and oxygen atoms in total. The van der Waals surface area contributed by atoms with Gasteiger partial charge in [-0.05, 0) is 50.7 Å². The van der Waals surface area contributed by atoms with Gasteiger partial charge in [0.15, 0.2) is 0 Å². The number of carbonyl (C=O) groups is 1. The van der Waals surface area contributed by atoms with Crippen LogP contribution in [0, 0.1) is 11.3 Å². The first-order valence-electron chi connectivity index (χ1n) is 8.21. The average molecular weight is 318 g/mol. The highest BCUT2D eigenvalue weighted by Crippen LogP contribution is 2.43. The molecule has 0 saturated carbocycles. The highest BCUT2D eigenvalue weighted by molar-refractivity contribution is 5.69. The molecule has 0 aromatic heterocycles. The molecule has 1 aliphatic rings. The Morgan fingerprint density at radius 3 is 2.65 bits per heavy atom. The SMILES string of the molecule is C=C[C@@]1(C)CC=C(C(C)(O)CCCC(C)C(=O)O)C=C1C(=C)C. The molecular weight excluding hydrogens is 288 g/mol. The van der Waals surface area contributed by atoms with E-state index in [1.54, 1.807) is 13.8 Å². The molecule has 0 saturated heterocycles. The second kappa shape index (κ2) is 7.31. The molecular formula is C20H30O3. The zero-order chi connectivity index (χ0) is 17.8. The van der Waals surface area contributed by atoms with Gasteiger partial charge in [-0.1, -0.05) is 44.2 Å². The summed E-state index contributed by atoms with van der Waals surface area (Å²) in [6, 6.07) is 0. The average Bonchev–Trinajstić information content (AvgIpc) is 2.46. The van der Waals surface area contributed by atoms with Crippen LogP contribution in [0.15, 0.2) is 48.1 Å². The van der Waals surface area contributed by atoms with Crippen LogP contribution in [0.2, 0.25) is 0 Å². The van der Waals surface area contributed by atoms with Gasteiger partial charge in [0.25, 0.3) is 0 Å². The van der Waals surface area contributed by atoms with Gasteiger partial charge in [-0.25, -0.2) is 0 Å². The summed E-state index contributed by atoms with van der Waals surface area (Å²) in [4.78, 5) is 10.9. The summed E-state index contributed by atoms with van der Waals surface area (Å²) < 4.78 is 0. The lowest BCUT2D eigenvalue weighted by Crippen LogP contribution is -2.30. The molecule has 0 radical (unpaired) electrons. The zero-order valence-electron chi connectivity index (χ0n) is 14.9. The van der Waals surface area contributed by atoms with Crippen LogP contribution in [0.3, 0.4) is 0 Å². The number of aliphatic hydroxyl groups is 1. The van der Waals surface area contributed by atoms with Crippen LogP contribution in [0.25, 0.3) is 0 Å². The zero-order valence-corrected chi connectivity index (χ0v) is 14.9. The standard InChI is InChI=1S/C20H30O3/c1-7-19(5)12-10-16(13-17(19)14(2)3)20(6,23)11-8-9-15(4)18(21)22/h7,10,13,15,23H,1-2,8-9,11-12H2,3-6H3,(H,21,22)/t15?,19-,20?/m0/s1. The van der Waals surface area contributed by atoms with E-state index < -0.39 is 11.6 Å². The van der Waals surface area contributed by atoms with Crippen molar-refractivity contribution in [2.75, 3.05) is 0 Å². The van der Waals surface area contributed by atoms with E-state index in [0.717, 1.165) is 23.1 Å². The number of carboxylic acids is 1. The fourth-order valence-corrected chi connectivity index (χ4v) is 3.01. The summed E-state index contributed by atoms with van der Waals surface area (Å²) in [5.41, 5.74) is 1.86. The van der Waals surface area contributed by atoms with Crippen LogP contribution < -0.4 is 0 Å². The quantitative estimate of drug-likeness (QED) is 0.640. The topological polar surface area (TPSA) is 57.5 Å². The molecule has 1 aliphatic carbocycles. The van der Waals surface area contributed by atoms with Gasteiger partial charge in [-0.3, -0.25) is 4.79 Å². The summed E-state index contributed by atoms with van der Waals surface area (Å²) in [5, 5.41) is 19.8. The minimum atomic E-state index is -0.957. The van der Waals surface area contributed by atoms with Gasteiger partial charge in [0, 0.05) is 5.41 Å². The number of rotatable bonds is 8. The summed E-state index contributed by atoms with van der Waals surface area (Å²) in [6.07, 6.45) is 8.59. The monoisotopic (exact) mass is 318 g/mol. The first-order chi connectivity index (χ1) is 10.5. The van der Waals surface area contributed by atoms with Crippen LogP contribution in [0.1, 0.15) is 53.4 Å². The Kier molecular flexibility index (Phi) is 6.18. The van der Waals surface area contributed by atoms with Crippen molar-refractivity contribution >= 4 is 5.97 Å². The largest absolute Gasteiger partial charge is 0.481 e. The van der Waals surface area contributed by atoms with E-state index in [4.69, 9.17) is 5.11 Å². The van der Waals surface area contributed by atoms with Crippen LogP contribution >= 0.6 is 0 Å².